The predicted molar refractivity (Wildman–Crippen MR) is 100 cm³/mol. The number of esters is 1. The topological polar surface area (TPSA) is 71.1 Å². The average molecular weight is 382 g/mol. The number of rotatable bonds is 4. The maximum atomic E-state index is 12.9. The second kappa shape index (κ2) is 7.37. The minimum Gasteiger partial charge on any atom is -0.488 e. The van der Waals surface area contributed by atoms with Crippen LogP contribution in [0.4, 0.5) is 0 Å². The summed E-state index contributed by atoms with van der Waals surface area (Å²) in [5.74, 6) is -0.602. The minimum absolute atomic E-state index is 0.0686. The third-order valence-electron chi connectivity index (χ3n) is 4.78. The van der Waals surface area contributed by atoms with E-state index < -0.39 is 5.79 Å². The Morgan fingerprint density at radius 2 is 2.00 bits per heavy atom. The molecule has 0 aliphatic carbocycles. The summed E-state index contributed by atoms with van der Waals surface area (Å²) in [6.07, 6.45) is -0.198. The highest BCUT2D eigenvalue weighted by Gasteiger charge is 2.33. The van der Waals surface area contributed by atoms with Crippen molar-refractivity contribution in [3.05, 3.63) is 64.7 Å². The maximum Gasteiger partial charge on any atom is 0.310 e. The van der Waals surface area contributed by atoms with Crippen molar-refractivity contribution in [2.75, 3.05) is 13.2 Å². The Kier molecular flexibility index (Phi) is 4.91. The quantitative estimate of drug-likeness (QED) is 0.757. The van der Waals surface area contributed by atoms with Gasteiger partial charge < -0.3 is 18.9 Å². The maximum absolute atomic E-state index is 12.9. The first kappa shape index (κ1) is 18.7. The third kappa shape index (κ3) is 3.93. The van der Waals surface area contributed by atoms with Gasteiger partial charge in [-0.15, -0.1) is 0 Å². The summed E-state index contributed by atoms with van der Waals surface area (Å²) in [6, 6.07) is 12.6. The number of hydrogen-bond donors (Lipinski definition) is 0. The fourth-order valence-electron chi connectivity index (χ4n) is 3.41. The SMILES string of the molecule is CC1(C)OCC(COC(=O)Cc2ccc3c(c2)C(=O)c2ccccc2CO3)O1. The first-order chi connectivity index (χ1) is 13.4. The minimum atomic E-state index is -0.648. The smallest absolute Gasteiger partial charge is 0.310 e. The fourth-order valence-corrected chi connectivity index (χ4v) is 3.41. The molecule has 0 aromatic heterocycles. The molecule has 0 amide bonds. The van der Waals surface area contributed by atoms with Crippen LogP contribution in [0.1, 0.15) is 40.9 Å². The number of ketones is 1. The second-order valence-corrected chi connectivity index (χ2v) is 7.42. The van der Waals surface area contributed by atoms with E-state index in [1.54, 1.807) is 24.3 Å². The van der Waals surface area contributed by atoms with Gasteiger partial charge in [0.2, 0.25) is 0 Å². The monoisotopic (exact) mass is 382 g/mol. The van der Waals surface area contributed by atoms with E-state index in [0.29, 0.717) is 35.7 Å². The van der Waals surface area contributed by atoms with Crippen LogP contribution in [0, 0.1) is 0 Å². The number of benzene rings is 2. The number of carbonyl (C=O) groups is 2. The van der Waals surface area contributed by atoms with E-state index >= 15 is 0 Å². The Bertz CT molecular complexity index is 917. The molecule has 0 spiro atoms. The van der Waals surface area contributed by atoms with Crippen LogP contribution in [0.5, 0.6) is 5.75 Å². The van der Waals surface area contributed by atoms with Crippen molar-refractivity contribution >= 4 is 11.8 Å². The van der Waals surface area contributed by atoms with Crippen LogP contribution >= 0.6 is 0 Å². The largest absolute Gasteiger partial charge is 0.488 e. The molecule has 1 fully saturated rings. The third-order valence-corrected chi connectivity index (χ3v) is 4.78. The molecule has 1 unspecified atom stereocenters. The summed E-state index contributed by atoms with van der Waals surface area (Å²) < 4.78 is 22.2. The van der Waals surface area contributed by atoms with Crippen LogP contribution in [0.3, 0.4) is 0 Å². The molecule has 0 saturated carbocycles. The van der Waals surface area contributed by atoms with Crippen LogP contribution in [0.15, 0.2) is 42.5 Å². The molecular weight excluding hydrogens is 360 g/mol. The molecule has 0 bridgehead atoms. The highest BCUT2D eigenvalue weighted by molar-refractivity contribution is 6.12. The zero-order valence-corrected chi connectivity index (χ0v) is 15.9. The van der Waals surface area contributed by atoms with Crippen LogP contribution in [-0.4, -0.2) is 36.9 Å². The van der Waals surface area contributed by atoms with E-state index in [9.17, 15) is 9.59 Å². The molecule has 2 aromatic carbocycles. The van der Waals surface area contributed by atoms with Crippen LogP contribution < -0.4 is 4.74 Å². The highest BCUT2D eigenvalue weighted by atomic mass is 16.7. The molecule has 4 rings (SSSR count). The molecule has 2 aliphatic heterocycles. The molecule has 1 atom stereocenters. The lowest BCUT2D eigenvalue weighted by atomic mass is 9.97. The van der Waals surface area contributed by atoms with Gasteiger partial charge in [0, 0.05) is 11.1 Å². The van der Waals surface area contributed by atoms with E-state index in [1.165, 1.54) is 0 Å². The van der Waals surface area contributed by atoms with Gasteiger partial charge in [-0.2, -0.15) is 0 Å². The molecule has 6 heteroatoms. The van der Waals surface area contributed by atoms with Crippen molar-refractivity contribution in [2.24, 2.45) is 0 Å². The van der Waals surface area contributed by atoms with Crippen molar-refractivity contribution in [1.29, 1.82) is 0 Å². The Balaban J connectivity index is 1.43. The summed E-state index contributed by atoms with van der Waals surface area (Å²) >= 11 is 0. The number of hydrogen-bond acceptors (Lipinski definition) is 6. The van der Waals surface area contributed by atoms with E-state index in [1.807, 2.05) is 32.0 Å². The fraction of sp³-hybridized carbons (Fsp3) is 0.364. The predicted octanol–water partition coefficient (Wildman–Crippen LogP) is 3.05. The molecule has 6 nitrogen and oxygen atoms in total. The lowest BCUT2D eigenvalue weighted by Gasteiger charge is -2.17. The normalized spacial score (nSPS) is 19.9. The molecule has 1 saturated heterocycles. The molecular formula is C22H22O6. The van der Waals surface area contributed by atoms with Crippen LogP contribution in [0.25, 0.3) is 0 Å². The summed E-state index contributed by atoms with van der Waals surface area (Å²) in [4.78, 5) is 25.1. The Labute approximate surface area is 163 Å². The second-order valence-electron chi connectivity index (χ2n) is 7.42. The standard InChI is InChI=1S/C22H22O6/c1-22(2)27-13-16(28-22)12-26-20(23)10-14-7-8-19-18(9-14)21(24)17-6-4-3-5-15(17)11-25-19/h3-9,16H,10-13H2,1-2H3. The van der Waals surface area contributed by atoms with Crippen LogP contribution in [0.2, 0.25) is 0 Å². The lowest BCUT2D eigenvalue weighted by molar-refractivity contribution is -0.157. The van der Waals surface area contributed by atoms with E-state index in [0.717, 1.165) is 5.56 Å². The van der Waals surface area contributed by atoms with Crippen molar-refractivity contribution in [3.8, 4) is 5.75 Å². The average Bonchev–Trinajstić information content (AvgIpc) is 2.96. The van der Waals surface area contributed by atoms with Crippen molar-refractivity contribution in [2.45, 2.75) is 38.8 Å². The summed E-state index contributed by atoms with van der Waals surface area (Å²) in [6.45, 7) is 4.52. The molecule has 2 aromatic rings. The molecule has 28 heavy (non-hydrogen) atoms. The van der Waals surface area contributed by atoms with Gasteiger partial charge in [0.1, 0.15) is 25.1 Å². The summed E-state index contributed by atoms with van der Waals surface area (Å²) in [5.41, 5.74) is 2.64. The van der Waals surface area contributed by atoms with Gasteiger partial charge in [0.25, 0.3) is 0 Å². The lowest BCUT2D eigenvalue weighted by Crippen LogP contribution is -2.25. The van der Waals surface area contributed by atoms with Gasteiger partial charge in [-0.05, 0) is 31.5 Å². The van der Waals surface area contributed by atoms with Crippen molar-refractivity contribution in [1.82, 2.24) is 0 Å². The van der Waals surface area contributed by atoms with Gasteiger partial charge in [-0.3, -0.25) is 9.59 Å². The van der Waals surface area contributed by atoms with Gasteiger partial charge in [-0.25, -0.2) is 0 Å². The first-order valence-electron chi connectivity index (χ1n) is 9.27. The molecule has 0 N–H and O–H groups in total. The van der Waals surface area contributed by atoms with Crippen LogP contribution in [-0.2, 0) is 32.0 Å². The number of carbonyl (C=O) groups excluding carboxylic acids is 2. The van der Waals surface area contributed by atoms with Gasteiger partial charge >= 0.3 is 5.97 Å². The van der Waals surface area contributed by atoms with E-state index in [4.69, 9.17) is 18.9 Å². The molecule has 2 heterocycles. The number of fused-ring (bicyclic) bond motifs is 2. The summed E-state index contributed by atoms with van der Waals surface area (Å²) in [5, 5.41) is 0. The zero-order valence-electron chi connectivity index (χ0n) is 15.9. The Morgan fingerprint density at radius 3 is 2.79 bits per heavy atom. The Morgan fingerprint density at radius 1 is 1.18 bits per heavy atom. The van der Waals surface area contributed by atoms with E-state index in [2.05, 4.69) is 0 Å². The molecule has 146 valence electrons. The zero-order chi connectivity index (χ0) is 19.7. The highest BCUT2D eigenvalue weighted by Crippen LogP contribution is 2.29. The van der Waals surface area contributed by atoms with E-state index in [-0.39, 0.29) is 30.9 Å². The Hall–Kier alpha value is -2.70. The molecule has 2 aliphatic rings. The molecule has 0 radical (unpaired) electrons. The first-order valence-corrected chi connectivity index (χ1v) is 9.27. The van der Waals surface area contributed by atoms with Crippen molar-refractivity contribution in [3.63, 3.8) is 0 Å². The number of ether oxygens (including phenoxy) is 4. The van der Waals surface area contributed by atoms with Gasteiger partial charge in [0.05, 0.1) is 18.6 Å². The summed E-state index contributed by atoms with van der Waals surface area (Å²) in [7, 11) is 0. The van der Waals surface area contributed by atoms with Gasteiger partial charge in [0.15, 0.2) is 11.6 Å². The van der Waals surface area contributed by atoms with Gasteiger partial charge in [-0.1, -0.05) is 30.3 Å². The van der Waals surface area contributed by atoms with Crippen molar-refractivity contribution < 1.29 is 28.5 Å².